The Labute approximate surface area is 129 Å². The zero-order valence-electron chi connectivity index (χ0n) is 12.6. The van der Waals surface area contributed by atoms with Crippen molar-refractivity contribution in [2.24, 2.45) is 16.7 Å². The number of carbonyl (C=O) groups is 3. The first-order valence-corrected chi connectivity index (χ1v) is 8.98. The topological polar surface area (TPSA) is 97.8 Å². The van der Waals surface area contributed by atoms with Crippen LogP contribution in [0, 0.1) is 16.7 Å². The highest BCUT2D eigenvalue weighted by Gasteiger charge is 2.65. The quantitative estimate of drug-likeness (QED) is 0.707. The summed E-state index contributed by atoms with van der Waals surface area (Å²) in [5, 5.41) is 0.324. The molecule has 22 heavy (non-hydrogen) atoms. The lowest BCUT2D eigenvalue weighted by Gasteiger charge is -2.35. The Hall–Kier alpha value is -1.28. The Kier molecular flexibility index (Phi) is 3.27. The smallest absolute Gasteiger partial charge is 0.289 e. The number of rotatable bonds is 4. The van der Waals surface area contributed by atoms with Crippen molar-refractivity contribution in [1.29, 1.82) is 0 Å². The van der Waals surface area contributed by atoms with E-state index in [1.54, 1.807) is 0 Å². The van der Waals surface area contributed by atoms with Crippen LogP contribution in [0.4, 0.5) is 0 Å². The van der Waals surface area contributed by atoms with Crippen LogP contribution >= 0.6 is 0 Å². The molecule has 0 N–H and O–H groups in total. The summed E-state index contributed by atoms with van der Waals surface area (Å²) < 4.78 is 29.4. The highest BCUT2D eigenvalue weighted by Crippen LogP contribution is 2.64. The fourth-order valence-corrected chi connectivity index (χ4v) is 5.92. The number of hydrogen-bond donors (Lipinski definition) is 0. The molecule has 0 aromatic heterocycles. The minimum Gasteiger partial charge on any atom is -0.299 e. The molecule has 1 aliphatic heterocycles. The van der Waals surface area contributed by atoms with Gasteiger partial charge < -0.3 is 0 Å². The minimum absolute atomic E-state index is 0.0496. The molecule has 3 aliphatic rings. The van der Waals surface area contributed by atoms with Crippen LogP contribution in [-0.2, 0) is 28.8 Å². The molecule has 0 radical (unpaired) electrons. The standard InChI is InChI=1S/C14H19NO6S/c1-13(2)9-5-6-14(13,10(16)7-9)8-22(19,20)21-15-11(17)3-4-12(15)18/h9H,3-8H2,1-2H3/t9-,14-/m1/s1. The summed E-state index contributed by atoms with van der Waals surface area (Å²) >= 11 is 0. The van der Waals surface area contributed by atoms with Crippen molar-refractivity contribution in [2.45, 2.75) is 46.0 Å². The van der Waals surface area contributed by atoms with E-state index in [0.29, 0.717) is 17.9 Å². The molecule has 2 amide bonds. The fourth-order valence-electron chi connectivity index (χ4n) is 4.19. The summed E-state index contributed by atoms with van der Waals surface area (Å²) in [6.07, 6.45) is 1.62. The highest BCUT2D eigenvalue weighted by molar-refractivity contribution is 7.86. The van der Waals surface area contributed by atoms with Crippen LogP contribution in [0.15, 0.2) is 0 Å². The molecule has 0 unspecified atom stereocenters. The van der Waals surface area contributed by atoms with Gasteiger partial charge in [-0.25, -0.2) is 0 Å². The normalized spacial score (nSPS) is 34.0. The van der Waals surface area contributed by atoms with Crippen molar-refractivity contribution in [3.63, 3.8) is 0 Å². The zero-order valence-corrected chi connectivity index (χ0v) is 13.4. The van der Waals surface area contributed by atoms with Crippen molar-refractivity contribution in [1.82, 2.24) is 5.06 Å². The average Bonchev–Trinajstić information content (AvgIpc) is 2.89. The number of ketones is 1. The van der Waals surface area contributed by atoms with Gasteiger partial charge in [0.25, 0.3) is 21.9 Å². The lowest BCUT2D eigenvalue weighted by Crippen LogP contribution is -2.44. The monoisotopic (exact) mass is 329 g/mol. The predicted octanol–water partition coefficient (Wildman–Crippen LogP) is 0.792. The molecule has 2 bridgehead atoms. The van der Waals surface area contributed by atoms with Crippen molar-refractivity contribution in [3.05, 3.63) is 0 Å². The Morgan fingerprint density at radius 3 is 2.23 bits per heavy atom. The highest BCUT2D eigenvalue weighted by atomic mass is 32.2. The molecule has 3 fully saturated rings. The first kappa shape index (κ1) is 15.6. The number of Topliss-reactive ketones (excluding diaryl/α,β-unsaturated/α-hetero) is 1. The number of amides is 2. The third kappa shape index (κ3) is 2.04. The van der Waals surface area contributed by atoms with Gasteiger partial charge in [-0.15, -0.1) is 9.35 Å². The SMILES string of the molecule is CC1(C)[C@@H]2CC[C@@]1(CS(=O)(=O)ON1C(=O)CCC1=O)C(=O)C2. The molecule has 1 saturated heterocycles. The second kappa shape index (κ2) is 4.61. The number of hydroxylamine groups is 2. The van der Waals surface area contributed by atoms with Crippen molar-refractivity contribution in [2.75, 3.05) is 5.75 Å². The third-order valence-corrected chi connectivity index (χ3v) is 6.98. The van der Waals surface area contributed by atoms with Gasteiger partial charge in [0.1, 0.15) is 5.78 Å². The molecule has 2 aliphatic carbocycles. The fraction of sp³-hybridized carbons (Fsp3) is 0.786. The molecule has 122 valence electrons. The van der Waals surface area contributed by atoms with E-state index in [-0.39, 0.29) is 24.5 Å². The Balaban J connectivity index is 1.84. The summed E-state index contributed by atoms with van der Waals surface area (Å²) in [5.41, 5.74) is -1.39. The van der Waals surface area contributed by atoms with E-state index in [2.05, 4.69) is 0 Å². The van der Waals surface area contributed by atoms with Crippen LogP contribution in [-0.4, -0.2) is 36.8 Å². The Bertz CT molecular complexity index is 651. The van der Waals surface area contributed by atoms with Gasteiger partial charge in [0.05, 0.1) is 11.2 Å². The zero-order chi connectivity index (χ0) is 16.3. The maximum absolute atomic E-state index is 12.3. The lowest BCUT2D eigenvalue weighted by atomic mass is 9.70. The predicted molar refractivity (Wildman–Crippen MR) is 74.5 cm³/mol. The van der Waals surface area contributed by atoms with E-state index in [1.165, 1.54) is 0 Å². The van der Waals surface area contributed by atoms with Gasteiger partial charge in [-0.3, -0.25) is 14.4 Å². The van der Waals surface area contributed by atoms with E-state index in [4.69, 9.17) is 4.28 Å². The number of fused-ring (bicyclic) bond motifs is 2. The average molecular weight is 329 g/mol. The number of carbonyl (C=O) groups excluding carboxylic acids is 3. The van der Waals surface area contributed by atoms with Gasteiger partial charge in [-0.05, 0) is 24.2 Å². The summed E-state index contributed by atoms with van der Waals surface area (Å²) in [6.45, 7) is 3.83. The van der Waals surface area contributed by atoms with Crippen LogP contribution < -0.4 is 0 Å². The molecule has 3 rings (SSSR count). The molecular formula is C14H19NO6S. The van der Waals surface area contributed by atoms with E-state index < -0.39 is 38.5 Å². The molecule has 2 saturated carbocycles. The van der Waals surface area contributed by atoms with E-state index in [9.17, 15) is 22.8 Å². The van der Waals surface area contributed by atoms with Crippen molar-refractivity contribution < 1.29 is 27.1 Å². The van der Waals surface area contributed by atoms with E-state index >= 15 is 0 Å². The molecule has 0 aromatic rings. The Morgan fingerprint density at radius 1 is 1.18 bits per heavy atom. The van der Waals surface area contributed by atoms with Crippen LogP contribution in [0.2, 0.25) is 0 Å². The number of imide groups is 1. The molecule has 2 atom stereocenters. The van der Waals surface area contributed by atoms with Gasteiger partial charge in [0.2, 0.25) is 0 Å². The summed E-state index contributed by atoms with van der Waals surface area (Å²) in [6, 6.07) is 0. The second-order valence-electron chi connectivity index (χ2n) is 7.03. The molecule has 8 heteroatoms. The first-order chi connectivity index (χ1) is 10.1. The largest absolute Gasteiger partial charge is 0.299 e. The molecule has 0 aromatic carbocycles. The second-order valence-corrected chi connectivity index (χ2v) is 8.58. The van der Waals surface area contributed by atoms with Gasteiger partial charge in [-0.1, -0.05) is 13.8 Å². The number of hydrogen-bond acceptors (Lipinski definition) is 6. The first-order valence-electron chi connectivity index (χ1n) is 7.40. The molecule has 1 heterocycles. The summed E-state index contributed by atoms with van der Waals surface area (Å²) in [7, 11) is -4.20. The van der Waals surface area contributed by atoms with Gasteiger partial charge in [-0.2, -0.15) is 8.42 Å². The maximum Gasteiger partial charge on any atom is 0.289 e. The molecular weight excluding hydrogens is 310 g/mol. The van der Waals surface area contributed by atoms with Gasteiger partial charge in [0, 0.05) is 19.3 Å². The summed E-state index contributed by atoms with van der Waals surface area (Å²) in [5.74, 6) is -1.66. The minimum atomic E-state index is -4.20. The van der Waals surface area contributed by atoms with E-state index in [1.807, 2.05) is 13.8 Å². The van der Waals surface area contributed by atoms with Crippen molar-refractivity contribution >= 4 is 27.7 Å². The lowest BCUT2D eigenvalue weighted by molar-refractivity contribution is -0.163. The third-order valence-electron chi connectivity index (χ3n) is 5.76. The van der Waals surface area contributed by atoms with Gasteiger partial charge in [0.15, 0.2) is 0 Å². The number of nitrogens with zero attached hydrogens (tertiary/aromatic N) is 1. The van der Waals surface area contributed by atoms with Gasteiger partial charge >= 0.3 is 0 Å². The molecule has 0 spiro atoms. The van der Waals surface area contributed by atoms with Crippen LogP contribution in [0.3, 0.4) is 0 Å². The maximum atomic E-state index is 12.3. The van der Waals surface area contributed by atoms with Crippen LogP contribution in [0.1, 0.15) is 46.0 Å². The van der Waals surface area contributed by atoms with Crippen LogP contribution in [0.5, 0.6) is 0 Å². The van der Waals surface area contributed by atoms with Crippen molar-refractivity contribution in [3.8, 4) is 0 Å². The molecule has 7 nitrogen and oxygen atoms in total. The van der Waals surface area contributed by atoms with E-state index in [0.717, 1.165) is 6.42 Å². The Morgan fingerprint density at radius 2 is 1.77 bits per heavy atom. The summed E-state index contributed by atoms with van der Waals surface area (Å²) in [4.78, 5) is 35.3. The van der Waals surface area contributed by atoms with Crippen LogP contribution in [0.25, 0.3) is 0 Å².